The number of esters is 1. The van der Waals surface area contributed by atoms with Crippen molar-refractivity contribution >= 4 is 28.3 Å². The average Bonchev–Trinajstić information content (AvgIpc) is 2.71. The summed E-state index contributed by atoms with van der Waals surface area (Å²) in [4.78, 5) is 24.0. The van der Waals surface area contributed by atoms with Crippen molar-refractivity contribution in [2.75, 3.05) is 26.1 Å². The quantitative estimate of drug-likeness (QED) is 0.675. The maximum Gasteiger partial charge on any atom is 0.339 e. The Hall–Kier alpha value is -3.54. The van der Waals surface area contributed by atoms with E-state index in [4.69, 9.17) is 14.2 Å². The molecular formula is C21H19NO5. The van der Waals surface area contributed by atoms with Crippen LogP contribution in [0.4, 0.5) is 5.69 Å². The number of hydrogen-bond donors (Lipinski definition) is 1. The fraction of sp³-hybridized carbons (Fsp3) is 0.143. The second kappa shape index (κ2) is 8.23. The predicted molar refractivity (Wildman–Crippen MR) is 102 cm³/mol. The lowest BCUT2D eigenvalue weighted by Gasteiger charge is -2.11. The van der Waals surface area contributed by atoms with Crippen LogP contribution in [-0.4, -0.2) is 32.7 Å². The van der Waals surface area contributed by atoms with Crippen LogP contribution >= 0.6 is 0 Å². The van der Waals surface area contributed by atoms with E-state index < -0.39 is 5.97 Å². The first-order chi connectivity index (χ1) is 13.1. The van der Waals surface area contributed by atoms with Crippen molar-refractivity contribution in [3.8, 4) is 11.5 Å². The lowest BCUT2D eigenvalue weighted by molar-refractivity contribution is -0.118. The third-order valence-electron chi connectivity index (χ3n) is 4.00. The number of rotatable bonds is 6. The molecule has 3 rings (SSSR count). The molecule has 3 aromatic rings. The Balaban J connectivity index is 1.67. The Kier molecular flexibility index (Phi) is 5.56. The molecular weight excluding hydrogens is 346 g/mol. The molecule has 0 heterocycles. The van der Waals surface area contributed by atoms with Crippen LogP contribution in [0.3, 0.4) is 0 Å². The molecule has 1 N–H and O–H groups in total. The first kappa shape index (κ1) is 18.3. The molecule has 0 aromatic heterocycles. The minimum Gasteiger partial charge on any atom is -0.497 e. The van der Waals surface area contributed by atoms with Gasteiger partial charge in [0.2, 0.25) is 0 Å². The molecule has 0 saturated carbocycles. The average molecular weight is 365 g/mol. The summed E-state index contributed by atoms with van der Waals surface area (Å²) < 4.78 is 15.5. The monoisotopic (exact) mass is 365 g/mol. The third kappa shape index (κ3) is 4.36. The van der Waals surface area contributed by atoms with E-state index in [2.05, 4.69) is 5.32 Å². The molecule has 0 aliphatic rings. The second-order valence-corrected chi connectivity index (χ2v) is 5.75. The van der Waals surface area contributed by atoms with Gasteiger partial charge in [0.1, 0.15) is 11.5 Å². The fourth-order valence-corrected chi connectivity index (χ4v) is 2.63. The Labute approximate surface area is 156 Å². The smallest absolute Gasteiger partial charge is 0.339 e. The minimum absolute atomic E-state index is 0.190. The van der Waals surface area contributed by atoms with E-state index in [1.165, 1.54) is 7.11 Å². The van der Waals surface area contributed by atoms with Gasteiger partial charge < -0.3 is 19.5 Å². The number of nitrogens with one attached hydrogen (secondary N) is 1. The molecule has 6 heteroatoms. The highest BCUT2D eigenvalue weighted by Gasteiger charge is 2.13. The molecule has 0 saturated heterocycles. The summed E-state index contributed by atoms with van der Waals surface area (Å²) in [6.45, 7) is -0.190. The number of fused-ring (bicyclic) bond motifs is 1. The molecule has 0 spiro atoms. The number of carbonyl (C=O) groups is 2. The number of para-hydroxylation sites is 1. The molecule has 3 aromatic carbocycles. The van der Waals surface area contributed by atoms with Crippen molar-refractivity contribution in [1.29, 1.82) is 0 Å². The molecule has 0 fully saturated rings. The molecule has 0 atom stereocenters. The van der Waals surface area contributed by atoms with Gasteiger partial charge in [-0.1, -0.05) is 24.3 Å². The highest BCUT2D eigenvalue weighted by atomic mass is 16.5. The summed E-state index contributed by atoms with van der Waals surface area (Å²) in [5, 5.41) is 4.66. The van der Waals surface area contributed by atoms with Crippen LogP contribution in [0.5, 0.6) is 11.5 Å². The van der Waals surface area contributed by atoms with Crippen molar-refractivity contribution in [2.45, 2.75) is 0 Å². The largest absolute Gasteiger partial charge is 0.497 e. The van der Waals surface area contributed by atoms with Crippen molar-refractivity contribution in [3.05, 3.63) is 66.2 Å². The van der Waals surface area contributed by atoms with Gasteiger partial charge in [0.05, 0.1) is 25.5 Å². The van der Waals surface area contributed by atoms with Crippen LogP contribution in [0.25, 0.3) is 10.8 Å². The molecule has 0 aliphatic heterocycles. The molecule has 0 radical (unpaired) electrons. The van der Waals surface area contributed by atoms with E-state index in [9.17, 15) is 9.59 Å². The Bertz CT molecular complexity index is 983. The van der Waals surface area contributed by atoms with Crippen LogP contribution in [0.2, 0.25) is 0 Å². The normalized spacial score (nSPS) is 10.3. The predicted octanol–water partition coefficient (Wildman–Crippen LogP) is 3.65. The second-order valence-electron chi connectivity index (χ2n) is 5.75. The van der Waals surface area contributed by atoms with Crippen LogP contribution in [0.1, 0.15) is 10.4 Å². The zero-order valence-electron chi connectivity index (χ0n) is 15.0. The Morgan fingerprint density at radius 3 is 2.33 bits per heavy atom. The van der Waals surface area contributed by atoms with Crippen LogP contribution in [-0.2, 0) is 9.53 Å². The lowest BCUT2D eigenvalue weighted by Crippen LogP contribution is -2.21. The van der Waals surface area contributed by atoms with E-state index >= 15 is 0 Å². The molecule has 0 aliphatic carbocycles. The van der Waals surface area contributed by atoms with Crippen LogP contribution in [0, 0.1) is 0 Å². The van der Waals surface area contributed by atoms with Crippen LogP contribution in [0.15, 0.2) is 60.7 Å². The SMILES string of the molecule is COC(=O)c1ccccc1NC(=O)COc1ccc2ccc(OC)cc2c1. The van der Waals surface area contributed by atoms with Gasteiger partial charge >= 0.3 is 5.97 Å². The third-order valence-corrected chi connectivity index (χ3v) is 4.00. The first-order valence-corrected chi connectivity index (χ1v) is 8.28. The van der Waals surface area contributed by atoms with Crippen molar-refractivity contribution < 1.29 is 23.8 Å². The Morgan fingerprint density at radius 1 is 0.889 bits per heavy atom. The van der Waals surface area contributed by atoms with Crippen molar-refractivity contribution in [1.82, 2.24) is 0 Å². The maximum absolute atomic E-state index is 12.2. The van der Waals surface area contributed by atoms with Gasteiger partial charge in [-0.3, -0.25) is 4.79 Å². The van der Waals surface area contributed by atoms with Gasteiger partial charge in [0.25, 0.3) is 5.91 Å². The number of anilines is 1. The summed E-state index contributed by atoms with van der Waals surface area (Å²) in [6.07, 6.45) is 0. The van der Waals surface area contributed by atoms with Crippen molar-refractivity contribution in [2.24, 2.45) is 0 Å². The number of methoxy groups -OCH3 is 2. The van der Waals surface area contributed by atoms with E-state index in [0.717, 1.165) is 16.5 Å². The molecule has 6 nitrogen and oxygen atoms in total. The lowest BCUT2D eigenvalue weighted by atomic mass is 10.1. The number of hydrogen-bond acceptors (Lipinski definition) is 5. The highest BCUT2D eigenvalue weighted by molar-refractivity contribution is 6.01. The first-order valence-electron chi connectivity index (χ1n) is 8.28. The van der Waals surface area contributed by atoms with Gasteiger partial charge in [-0.25, -0.2) is 4.79 Å². The molecule has 0 unspecified atom stereocenters. The van der Waals surface area contributed by atoms with Gasteiger partial charge in [0, 0.05) is 0 Å². The zero-order valence-corrected chi connectivity index (χ0v) is 15.0. The topological polar surface area (TPSA) is 73.9 Å². The summed E-state index contributed by atoms with van der Waals surface area (Å²) in [7, 11) is 2.90. The minimum atomic E-state index is -0.518. The van der Waals surface area contributed by atoms with Crippen molar-refractivity contribution in [3.63, 3.8) is 0 Å². The summed E-state index contributed by atoms with van der Waals surface area (Å²) in [5.41, 5.74) is 0.660. The molecule has 27 heavy (non-hydrogen) atoms. The molecule has 138 valence electrons. The van der Waals surface area contributed by atoms with Gasteiger partial charge in [-0.15, -0.1) is 0 Å². The number of carbonyl (C=O) groups excluding carboxylic acids is 2. The number of amides is 1. The van der Waals surface area contributed by atoms with Gasteiger partial charge in [-0.2, -0.15) is 0 Å². The van der Waals surface area contributed by atoms with Crippen LogP contribution < -0.4 is 14.8 Å². The highest BCUT2D eigenvalue weighted by Crippen LogP contribution is 2.25. The summed E-state index contributed by atoms with van der Waals surface area (Å²) in [5.74, 6) is 0.413. The fourth-order valence-electron chi connectivity index (χ4n) is 2.63. The van der Waals surface area contributed by atoms with E-state index in [-0.39, 0.29) is 18.1 Å². The zero-order chi connectivity index (χ0) is 19.2. The number of ether oxygens (including phenoxy) is 3. The molecule has 0 bridgehead atoms. The summed E-state index contributed by atoms with van der Waals surface area (Å²) >= 11 is 0. The standard InChI is InChI=1S/C21H19NO5/c1-25-16-9-7-14-8-10-17(12-15(14)11-16)27-13-20(23)22-19-6-4-3-5-18(19)21(24)26-2/h3-12H,13H2,1-2H3,(H,22,23). The van der Waals surface area contributed by atoms with E-state index in [0.29, 0.717) is 11.4 Å². The van der Waals surface area contributed by atoms with E-state index in [1.807, 2.05) is 30.3 Å². The van der Waals surface area contributed by atoms with Gasteiger partial charge in [-0.05, 0) is 47.2 Å². The van der Waals surface area contributed by atoms with E-state index in [1.54, 1.807) is 37.4 Å². The maximum atomic E-state index is 12.2. The van der Waals surface area contributed by atoms with Gasteiger partial charge in [0.15, 0.2) is 6.61 Å². The molecule has 1 amide bonds. The summed E-state index contributed by atoms with van der Waals surface area (Å²) in [6, 6.07) is 17.9. The number of benzene rings is 3. The Morgan fingerprint density at radius 2 is 1.59 bits per heavy atom.